The average molecular weight is 372 g/mol. The van der Waals surface area contributed by atoms with E-state index in [0.29, 0.717) is 16.5 Å². The summed E-state index contributed by atoms with van der Waals surface area (Å²) in [5.41, 5.74) is 2.88. The van der Waals surface area contributed by atoms with Crippen LogP contribution >= 0.6 is 23.2 Å². The van der Waals surface area contributed by atoms with Gasteiger partial charge in [-0.3, -0.25) is 5.84 Å². The Labute approximate surface area is 148 Å². The number of carbonyl (C=O) groups excluding carboxylic acids is 1. The Bertz CT molecular complexity index is 728. The number of carbonyl (C=O) groups is 1. The predicted octanol–water partition coefficient (Wildman–Crippen LogP) is 3.41. The highest BCUT2D eigenvalue weighted by Gasteiger charge is 2.14. The summed E-state index contributed by atoms with van der Waals surface area (Å²) >= 11 is 12.1. The van der Waals surface area contributed by atoms with Crippen molar-refractivity contribution < 1.29 is 19.0 Å². The standard InChI is InChI=1S/C15H15Cl2N3O4/c1-2-22-14(21)8-23-15-12(4-3-5-19-15)24-13-7-11(20-18)9(16)6-10(13)17/h3-7,20H,2,8,18H2,1H3. The minimum Gasteiger partial charge on any atom is -0.463 e. The summed E-state index contributed by atoms with van der Waals surface area (Å²) in [4.78, 5) is 15.4. The molecule has 0 aliphatic heterocycles. The van der Waals surface area contributed by atoms with Gasteiger partial charge in [0.1, 0.15) is 5.75 Å². The lowest BCUT2D eigenvalue weighted by atomic mass is 10.3. The molecule has 0 radical (unpaired) electrons. The number of nitrogen functional groups attached to an aromatic ring is 1. The number of pyridine rings is 1. The first kappa shape index (κ1) is 18.1. The van der Waals surface area contributed by atoms with E-state index in [-0.39, 0.29) is 29.9 Å². The van der Waals surface area contributed by atoms with Crippen molar-refractivity contribution in [2.45, 2.75) is 6.92 Å². The van der Waals surface area contributed by atoms with Gasteiger partial charge < -0.3 is 19.6 Å². The molecule has 0 aliphatic carbocycles. The fourth-order valence-corrected chi connectivity index (χ4v) is 2.20. The van der Waals surface area contributed by atoms with Gasteiger partial charge in [-0.15, -0.1) is 0 Å². The number of nitrogens with one attached hydrogen (secondary N) is 1. The first-order valence-corrected chi connectivity index (χ1v) is 7.67. The monoisotopic (exact) mass is 371 g/mol. The molecule has 0 saturated carbocycles. The zero-order chi connectivity index (χ0) is 17.5. The van der Waals surface area contributed by atoms with Crippen molar-refractivity contribution in [2.75, 3.05) is 18.6 Å². The van der Waals surface area contributed by atoms with Crippen molar-refractivity contribution in [3.63, 3.8) is 0 Å². The number of nitrogens with two attached hydrogens (primary N) is 1. The van der Waals surface area contributed by atoms with Crippen molar-refractivity contribution in [1.29, 1.82) is 0 Å². The number of halogens is 2. The number of hydrogen-bond acceptors (Lipinski definition) is 7. The molecule has 0 spiro atoms. The summed E-state index contributed by atoms with van der Waals surface area (Å²) in [7, 11) is 0. The summed E-state index contributed by atoms with van der Waals surface area (Å²) < 4.78 is 15.8. The minimum atomic E-state index is -0.506. The van der Waals surface area contributed by atoms with Crippen LogP contribution in [0, 0.1) is 0 Å². The number of hydrazine groups is 1. The first-order chi connectivity index (χ1) is 11.5. The van der Waals surface area contributed by atoms with Crippen LogP contribution in [0.2, 0.25) is 10.0 Å². The SMILES string of the molecule is CCOC(=O)COc1ncccc1Oc1cc(NN)c(Cl)cc1Cl. The molecule has 0 bridgehead atoms. The smallest absolute Gasteiger partial charge is 0.344 e. The number of hydrogen-bond donors (Lipinski definition) is 2. The molecule has 128 valence electrons. The summed E-state index contributed by atoms with van der Waals surface area (Å²) in [6, 6.07) is 6.29. The number of nitrogens with zero attached hydrogens (tertiary/aromatic N) is 1. The molecule has 1 aromatic heterocycles. The van der Waals surface area contributed by atoms with E-state index in [1.807, 2.05) is 0 Å². The van der Waals surface area contributed by atoms with Gasteiger partial charge in [0, 0.05) is 12.3 Å². The second-order valence-electron chi connectivity index (χ2n) is 4.41. The molecule has 0 fully saturated rings. The summed E-state index contributed by atoms with van der Waals surface area (Å²) in [6.07, 6.45) is 1.50. The summed E-state index contributed by atoms with van der Waals surface area (Å²) in [5.74, 6) is 5.57. The second kappa shape index (κ2) is 8.58. The quantitative estimate of drug-likeness (QED) is 0.437. The van der Waals surface area contributed by atoms with Crippen LogP contribution in [0.5, 0.6) is 17.4 Å². The molecule has 24 heavy (non-hydrogen) atoms. The summed E-state index contributed by atoms with van der Waals surface area (Å²) in [5, 5.41) is 0.624. The maximum Gasteiger partial charge on any atom is 0.344 e. The van der Waals surface area contributed by atoms with Crippen LogP contribution in [-0.4, -0.2) is 24.2 Å². The molecule has 1 heterocycles. The Morgan fingerprint density at radius 1 is 1.29 bits per heavy atom. The summed E-state index contributed by atoms with van der Waals surface area (Å²) in [6.45, 7) is 1.69. The van der Waals surface area contributed by atoms with E-state index in [1.165, 1.54) is 18.3 Å². The van der Waals surface area contributed by atoms with E-state index < -0.39 is 5.97 Å². The third kappa shape index (κ3) is 4.64. The van der Waals surface area contributed by atoms with Crippen molar-refractivity contribution in [3.05, 3.63) is 40.5 Å². The molecule has 0 atom stereocenters. The van der Waals surface area contributed by atoms with Gasteiger partial charge >= 0.3 is 5.97 Å². The molecule has 9 heteroatoms. The van der Waals surface area contributed by atoms with E-state index in [9.17, 15) is 4.79 Å². The fourth-order valence-electron chi connectivity index (χ4n) is 1.73. The van der Waals surface area contributed by atoms with Crippen LogP contribution in [0.25, 0.3) is 0 Å². The lowest BCUT2D eigenvalue weighted by Crippen LogP contribution is -2.15. The Morgan fingerprint density at radius 3 is 2.79 bits per heavy atom. The second-order valence-corrected chi connectivity index (χ2v) is 5.22. The zero-order valence-electron chi connectivity index (χ0n) is 12.7. The number of ether oxygens (including phenoxy) is 3. The van der Waals surface area contributed by atoms with Gasteiger partial charge in [0.2, 0.25) is 0 Å². The molecule has 7 nitrogen and oxygen atoms in total. The average Bonchev–Trinajstić information content (AvgIpc) is 2.56. The topological polar surface area (TPSA) is 95.7 Å². The fraction of sp³-hybridized carbons (Fsp3) is 0.200. The molecule has 2 aromatic rings. The van der Waals surface area contributed by atoms with Crippen LogP contribution in [0.3, 0.4) is 0 Å². The van der Waals surface area contributed by atoms with Gasteiger partial charge in [-0.25, -0.2) is 9.78 Å². The number of rotatable bonds is 7. The highest BCUT2D eigenvalue weighted by molar-refractivity contribution is 6.37. The molecule has 0 saturated heterocycles. The van der Waals surface area contributed by atoms with E-state index in [4.69, 9.17) is 43.3 Å². The molecule has 1 aromatic carbocycles. The minimum absolute atomic E-state index is 0.124. The third-order valence-electron chi connectivity index (χ3n) is 2.77. The van der Waals surface area contributed by atoms with Gasteiger partial charge in [-0.05, 0) is 25.1 Å². The Hall–Kier alpha value is -2.22. The third-order valence-corrected chi connectivity index (χ3v) is 3.37. The largest absolute Gasteiger partial charge is 0.463 e. The number of anilines is 1. The number of benzene rings is 1. The molecular weight excluding hydrogens is 357 g/mol. The molecular formula is C15H15Cl2N3O4. The van der Waals surface area contributed by atoms with Crippen LogP contribution in [0.15, 0.2) is 30.5 Å². The van der Waals surface area contributed by atoms with Crippen LogP contribution < -0.4 is 20.7 Å². The first-order valence-electron chi connectivity index (χ1n) is 6.92. The number of esters is 1. The van der Waals surface area contributed by atoms with E-state index in [1.54, 1.807) is 19.1 Å². The van der Waals surface area contributed by atoms with Gasteiger partial charge in [0.05, 0.1) is 22.3 Å². The molecule has 0 amide bonds. The normalized spacial score (nSPS) is 10.2. The predicted molar refractivity (Wildman–Crippen MR) is 90.7 cm³/mol. The Kier molecular flexibility index (Phi) is 6.48. The molecule has 0 unspecified atom stereocenters. The highest BCUT2D eigenvalue weighted by atomic mass is 35.5. The van der Waals surface area contributed by atoms with Crippen molar-refractivity contribution in [1.82, 2.24) is 4.98 Å². The van der Waals surface area contributed by atoms with E-state index in [2.05, 4.69) is 10.4 Å². The van der Waals surface area contributed by atoms with Crippen LogP contribution in [0.1, 0.15) is 6.92 Å². The van der Waals surface area contributed by atoms with Gasteiger partial charge in [0.25, 0.3) is 5.88 Å². The lowest BCUT2D eigenvalue weighted by Gasteiger charge is -2.13. The van der Waals surface area contributed by atoms with Gasteiger partial charge in [0.15, 0.2) is 12.4 Å². The molecule has 3 N–H and O–H groups in total. The van der Waals surface area contributed by atoms with Gasteiger partial charge in [-0.1, -0.05) is 23.2 Å². The maximum atomic E-state index is 11.4. The highest BCUT2D eigenvalue weighted by Crippen LogP contribution is 2.38. The maximum absolute atomic E-state index is 11.4. The lowest BCUT2D eigenvalue weighted by molar-refractivity contribution is -0.145. The number of aromatic nitrogens is 1. The van der Waals surface area contributed by atoms with Gasteiger partial charge in [-0.2, -0.15) is 0 Å². The molecule has 0 aliphatic rings. The van der Waals surface area contributed by atoms with E-state index >= 15 is 0 Å². The van der Waals surface area contributed by atoms with Crippen molar-refractivity contribution in [2.24, 2.45) is 5.84 Å². The van der Waals surface area contributed by atoms with Crippen molar-refractivity contribution in [3.8, 4) is 17.4 Å². The zero-order valence-corrected chi connectivity index (χ0v) is 14.2. The Morgan fingerprint density at radius 2 is 2.08 bits per heavy atom. The van der Waals surface area contributed by atoms with Crippen LogP contribution in [0.4, 0.5) is 5.69 Å². The van der Waals surface area contributed by atoms with Crippen molar-refractivity contribution >= 4 is 34.9 Å². The Balaban J connectivity index is 2.20. The van der Waals surface area contributed by atoms with E-state index in [0.717, 1.165) is 0 Å². The van der Waals surface area contributed by atoms with Crippen LogP contribution in [-0.2, 0) is 9.53 Å². The molecule has 2 rings (SSSR count).